The molecule has 1 saturated carbocycles. The highest BCUT2D eigenvalue weighted by atomic mass is 15.2. The predicted octanol–water partition coefficient (Wildman–Crippen LogP) is 2.42. The van der Waals surface area contributed by atoms with Gasteiger partial charge in [0.05, 0.1) is 0 Å². The van der Waals surface area contributed by atoms with Crippen molar-refractivity contribution >= 4 is 5.96 Å². The first-order valence-electron chi connectivity index (χ1n) is 7.13. The first-order valence-corrected chi connectivity index (χ1v) is 7.13. The molecular weight excluding hydrogens is 234 g/mol. The molecule has 2 rings (SSSR count). The molecule has 1 aromatic rings. The SMILES string of the molecule is CN=C(NCCc1cc(C)cc(C)c1)NC1CC1C. The van der Waals surface area contributed by atoms with E-state index in [0.717, 1.165) is 24.8 Å². The second-order valence-electron chi connectivity index (χ2n) is 5.71. The molecule has 0 amide bonds. The predicted molar refractivity (Wildman–Crippen MR) is 81.7 cm³/mol. The van der Waals surface area contributed by atoms with Crippen molar-refractivity contribution in [2.24, 2.45) is 10.9 Å². The van der Waals surface area contributed by atoms with Crippen molar-refractivity contribution in [3.05, 3.63) is 34.9 Å². The third-order valence-electron chi connectivity index (χ3n) is 3.64. The molecule has 0 aromatic heterocycles. The molecule has 19 heavy (non-hydrogen) atoms. The van der Waals surface area contributed by atoms with Crippen LogP contribution in [0.5, 0.6) is 0 Å². The normalized spacial score (nSPS) is 22.2. The van der Waals surface area contributed by atoms with E-state index in [1.165, 1.54) is 23.1 Å². The van der Waals surface area contributed by atoms with E-state index < -0.39 is 0 Å². The quantitative estimate of drug-likeness (QED) is 0.643. The Balaban J connectivity index is 1.78. The van der Waals surface area contributed by atoms with Gasteiger partial charge in [0.15, 0.2) is 5.96 Å². The van der Waals surface area contributed by atoms with Gasteiger partial charge in [0.2, 0.25) is 0 Å². The van der Waals surface area contributed by atoms with Crippen molar-refractivity contribution in [3.8, 4) is 0 Å². The Morgan fingerprint density at radius 1 is 1.26 bits per heavy atom. The Hall–Kier alpha value is -1.51. The van der Waals surface area contributed by atoms with E-state index in [1.54, 1.807) is 0 Å². The zero-order valence-electron chi connectivity index (χ0n) is 12.5. The Morgan fingerprint density at radius 2 is 1.89 bits per heavy atom. The summed E-state index contributed by atoms with van der Waals surface area (Å²) in [6.45, 7) is 7.49. The van der Waals surface area contributed by atoms with Gasteiger partial charge in [-0.25, -0.2) is 0 Å². The van der Waals surface area contributed by atoms with Crippen LogP contribution < -0.4 is 10.6 Å². The molecule has 2 N–H and O–H groups in total. The van der Waals surface area contributed by atoms with Crippen LogP contribution >= 0.6 is 0 Å². The lowest BCUT2D eigenvalue weighted by Gasteiger charge is -2.12. The minimum absolute atomic E-state index is 0.618. The average molecular weight is 259 g/mol. The molecule has 1 aromatic carbocycles. The standard InChI is InChI=1S/C16H25N3/c1-11-7-12(2)9-14(8-11)5-6-18-16(17-4)19-15-10-13(15)3/h7-9,13,15H,5-6,10H2,1-4H3,(H2,17,18,19). The zero-order chi connectivity index (χ0) is 13.8. The number of hydrogen-bond acceptors (Lipinski definition) is 1. The summed E-state index contributed by atoms with van der Waals surface area (Å²) in [5.41, 5.74) is 4.06. The van der Waals surface area contributed by atoms with Crippen LogP contribution in [0.4, 0.5) is 0 Å². The van der Waals surface area contributed by atoms with E-state index in [2.05, 4.69) is 54.6 Å². The summed E-state index contributed by atoms with van der Waals surface area (Å²) in [5, 5.41) is 6.83. The molecule has 0 heterocycles. The highest BCUT2D eigenvalue weighted by molar-refractivity contribution is 5.80. The maximum absolute atomic E-state index is 4.26. The van der Waals surface area contributed by atoms with Crippen LogP contribution in [0.3, 0.4) is 0 Å². The van der Waals surface area contributed by atoms with E-state index >= 15 is 0 Å². The molecule has 0 aliphatic heterocycles. The number of nitrogens with zero attached hydrogens (tertiary/aromatic N) is 1. The highest BCUT2D eigenvalue weighted by Gasteiger charge is 2.33. The number of guanidine groups is 1. The highest BCUT2D eigenvalue weighted by Crippen LogP contribution is 2.28. The van der Waals surface area contributed by atoms with E-state index in [-0.39, 0.29) is 0 Å². The summed E-state index contributed by atoms with van der Waals surface area (Å²) >= 11 is 0. The first-order chi connectivity index (χ1) is 9.08. The van der Waals surface area contributed by atoms with Crippen LogP contribution in [0, 0.1) is 19.8 Å². The van der Waals surface area contributed by atoms with Gasteiger partial charge in [-0.05, 0) is 38.2 Å². The molecule has 1 aliphatic rings. The van der Waals surface area contributed by atoms with Gasteiger partial charge in [-0.1, -0.05) is 36.2 Å². The number of aryl methyl sites for hydroxylation is 2. The topological polar surface area (TPSA) is 36.4 Å². The molecule has 0 bridgehead atoms. The summed E-state index contributed by atoms with van der Waals surface area (Å²) in [7, 11) is 1.83. The number of rotatable bonds is 4. The Labute approximate surface area is 116 Å². The molecule has 3 nitrogen and oxygen atoms in total. The van der Waals surface area contributed by atoms with Crippen LogP contribution in [-0.2, 0) is 6.42 Å². The zero-order valence-corrected chi connectivity index (χ0v) is 12.5. The molecule has 3 heteroatoms. The van der Waals surface area contributed by atoms with Gasteiger partial charge in [-0.3, -0.25) is 4.99 Å². The van der Waals surface area contributed by atoms with E-state index in [9.17, 15) is 0 Å². The molecule has 104 valence electrons. The Morgan fingerprint density at radius 3 is 2.42 bits per heavy atom. The third-order valence-corrected chi connectivity index (χ3v) is 3.64. The van der Waals surface area contributed by atoms with Crippen molar-refractivity contribution < 1.29 is 0 Å². The van der Waals surface area contributed by atoms with Gasteiger partial charge in [0.25, 0.3) is 0 Å². The van der Waals surface area contributed by atoms with Crippen molar-refractivity contribution in [3.63, 3.8) is 0 Å². The molecule has 2 atom stereocenters. The second-order valence-corrected chi connectivity index (χ2v) is 5.71. The fraction of sp³-hybridized carbons (Fsp3) is 0.562. The molecule has 2 unspecified atom stereocenters. The van der Waals surface area contributed by atoms with Crippen LogP contribution in [-0.4, -0.2) is 25.6 Å². The largest absolute Gasteiger partial charge is 0.356 e. The van der Waals surface area contributed by atoms with Crippen molar-refractivity contribution in [1.82, 2.24) is 10.6 Å². The molecule has 0 radical (unpaired) electrons. The minimum Gasteiger partial charge on any atom is -0.356 e. The number of benzene rings is 1. The van der Waals surface area contributed by atoms with Crippen LogP contribution in [0.25, 0.3) is 0 Å². The fourth-order valence-electron chi connectivity index (χ4n) is 2.43. The van der Waals surface area contributed by atoms with Crippen LogP contribution in [0.1, 0.15) is 30.0 Å². The molecule has 1 aliphatic carbocycles. The second kappa shape index (κ2) is 6.09. The van der Waals surface area contributed by atoms with E-state index in [4.69, 9.17) is 0 Å². The Kier molecular flexibility index (Phi) is 4.46. The summed E-state index contributed by atoms with van der Waals surface area (Å²) < 4.78 is 0. The lowest BCUT2D eigenvalue weighted by molar-refractivity contribution is 0.757. The summed E-state index contributed by atoms with van der Waals surface area (Å²) in [4.78, 5) is 4.26. The molecular formula is C16H25N3. The summed E-state index contributed by atoms with van der Waals surface area (Å²) in [5.74, 6) is 1.72. The van der Waals surface area contributed by atoms with E-state index in [1.807, 2.05) is 7.05 Å². The van der Waals surface area contributed by atoms with Crippen LogP contribution in [0.2, 0.25) is 0 Å². The first kappa shape index (κ1) is 13.9. The molecule has 0 saturated heterocycles. The van der Waals surface area contributed by atoms with E-state index in [0.29, 0.717) is 6.04 Å². The van der Waals surface area contributed by atoms with Crippen molar-refractivity contribution in [2.75, 3.05) is 13.6 Å². The monoisotopic (exact) mass is 259 g/mol. The summed E-state index contributed by atoms with van der Waals surface area (Å²) in [6.07, 6.45) is 2.29. The maximum Gasteiger partial charge on any atom is 0.191 e. The smallest absolute Gasteiger partial charge is 0.191 e. The lowest BCUT2D eigenvalue weighted by Crippen LogP contribution is -2.39. The minimum atomic E-state index is 0.618. The van der Waals surface area contributed by atoms with Crippen molar-refractivity contribution in [1.29, 1.82) is 0 Å². The number of aliphatic imine (C=N–C) groups is 1. The fourth-order valence-corrected chi connectivity index (χ4v) is 2.43. The van der Waals surface area contributed by atoms with Gasteiger partial charge >= 0.3 is 0 Å². The van der Waals surface area contributed by atoms with Gasteiger partial charge < -0.3 is 10.6 Å². The van der Waals surface area contributed by atoms with Gasteiger partial charge in [-0.2, -0.15) is 0 Å². The molecule has 0 spiro atoms. The summed E-state index contributed by atoms with van der Waals surface area (Å²) in [6, 6.07) is 7.35. The van der Waals surface area contributed by atoms with Crippen LogP contribution in [0.15, 0.2) is 23.2 Å². The van der Waals surface area contributed by atoms with Crippen molar-refractivity contribution in [2.45, 2.75) is 39.7 Å². The van der Waals surface area contributed by atoms with Gasteiger partial charge in [0, 0.05) is 19.6 Å². The lowest BCUT2D eigenvalue weighted by atomic mass is 10.1. The van der Waals surface area contributed by atoms with Gasteiger partial charge in [0.1, 0.15) is 0 Å². The third kappa shape index (κ3) is 4.27. The van der Waals surface area contributed by atoms with Gasteiger partial charge in [-0.15, -0.1) is 0 Å². The number of nitrogens with one attached hydrogen (secondary N) is 2. The molecule has 1 fully saturated rings. The number of hydrogen-bond donors (Lipinski definition) is 2. The Bertz CT molecular complexity index is 445. The maximum atomic E-state index is 4.26. The average Bonchev–Trinajstić information content (AvgIpc) is 3.02.